The number of hydrogen-bond donors (Lipinski definition) is 0. The molecule has 0 fully saturated rings. The monoisotopic (exact) mass is 712 g/mol. The summed E-state index contributed by atoms with van der Waals surface area (Å²) in [5.41, 5.74) is -0.974. The fourth-order valence-corrected chi connectivity index (χ4v) is 11.2. The molecule has 0 aliphatic heterocycles. The van der Waals surface area contributed by atoms with Crippen LogP contribution in [0.15, 0.2) is 30.3 Å². The van der Waals surface area contributed by atoms with Crippen molar-refractivity contribution in [2.45, 2.75) is 59.8 Å². The summed E-state index contributed by atoms with van der Waals surface area (Å²) in [7, 11) is 0. The van der Waals surface area contributed by atoms with E-state index in [0.717, 1.165) is 18.2 Å². The van der Waals surface area contributed by atoms with Gasteiger partial charge in [0.05, 0.1) is 0 Å². The van der Waals surface area contributed by atoms with Crippen molar-refractivity contribution in [2.24, 2.45) is 0 Å². The summed E-state index contributed by atoms with van der Waals surface area (Å²) in [6.45, 7) is 0. The average molecular weight is 711 g/mol. The van der Waals surface area contributed by atoms with Gasteiger partial charge in [-0.25, -0.2) is 0 Å². The second kappa shape index (κ2) is 11.3. The van der Waals surface area contributed by atoms with Gasteiger partial charge in [0.2, 0.25) is 0 Å². The Hall–Kier alpha value is -1.36. The zero-order chi connectivity index (χ0) is 30.2. The minimum atomic E-state index is -8.78. The van der Waals surface area contributed by atoms with Crippen LogP contribution in [0.3, 0.4) is 0 Å². The summed E-state index contributed by atoms with van der Waals surface area (Å²) >= 11 is -8.78. The van der Waals surface area contributed by atoms with Gasteiger partial charge < -0.3 is 0 Å². The molecule has 0 radical (unpaired) electrons. The van der Waals surface area contributed by atoms with Crippen LogP contribution in [0.4, 0.5) is 79.0 Å². The van der Waals surface area contributed by atoms with E-state index >= 15 is 0 Å². The van der Waals surface area contributed by atoms with Crippen molar-refractivity contribution < 1.29 is 88.2 Å². The number of halogens is 18. The molecule has 0 aliphatic carbocycles. The number of rotatable bonds is 8. The molecule has 0 heterocycles. The molecule has 38 heavy (non-hydrogen) atoms. The molecule has 0 aliphatic rings. The van der Waals surface area contributed by atoms with E-state index < -0.39 is 85.0 Å². The topological polar surface area (TPSA) is 27.7 Å². The van der Waals surface area contributed by atoms with Gasteiger partial charge in [0.15, 0.2) is 0 Å². The predicted molar refractivity (Wildman–Crippen MR) is 86.8 cm³/mol. The molecular formula is C16H10F18O3Sn. The molecule has 22 heteroatoms. The maximum atomic E-state index is 13.1. The fraction of sp³-hybridized carbons (Fsp3) is 0.625. The standard InChI is InChI=1S/C7H7.3C3HF6O.Sn/c1-7-5-3-2-4-6-7;3*4-2(5,6)1(10)3(7,8)9;/h2-6H,1H2;3*1H;/q;3*-1;+3. The summed E-state index contributed by atoms with van der Waals surface area (Å²) < 4.78 is 243. The van der Waals surface area contributed by atoms with Gasteiger partial charge in [-0.2, -0.15) is 0 Å². The van der Waals surface area contributed by atoms with Crippen molar-refractivity contribution in [2.75, 3.05) is 0 Å². The zero-order valence-corrected chi connectivity index (χ0v) is 20.2. The molecule has 0 aromatic heterocycles. The van der Waals surface area contributed by atoms with Crippen LogP contribution in [0.25, 0.3) is 0 Å². The third kappa shape index (κ3) is 9.99. The van der Waals surface area contributed by atoms with Crippen LogP contribution < -0.4 is 0 Å². The quantitative estimate of drug-likeness (QED) is 0.211. The maximum absolute atomic E-state index is 13.1. The van der Waals surface area contributed by atoms with E-state index in [1.54, 1.807) is 0 Å². The van der Waals surface area contributed by atoms with Crippen LogP contribution in [0, 0.1) is 0 Å². The summed E-state index contributed by atoms with van der Waals surface area (Å²) in [5.74, 6) is 0. The number of alkyl halides is 18. The summed E-state index contributed by atoms with van der Waals surface area (Å²) in [6, 6.07) is 3.61. The number of hydrogen-bond acceptors (Lipinski definition) is 3. The van der Waals surface area contributed by atoms with Crippen LogP contribution in [0.5, 0.6) is 0 Å². The number of benzene rings is 1. The first kappa shape index (κ1) is 34.7. The van der Waals surface area contributed by atoms with E-state index in [1.165, 1.54) is 0 Å². The molecule has 1 aromatic carbocycles. The van der Waals surface area contributed by atoms with Gasteiger partial charge in [0.25, 0.3) is 0 Å². The van der Waals surface area contributed by atoms with Crippen LogP contribution in [-0.2, 0) is 13.7 Å². The van der Waals surface area contributed by atoms with Crippen molar-refractivity contribution in [3.8, 4) is 0 Å². The molecule has 0 saturated carbocycles. The molecule has 1 rings (SSSR count). The molecule has 222 valence electrons. The second-order valence-corrected chi connectivity index (χ2v) is 14.0. The predicted octanol–water partition coefficient (Wildman–Crippen LogP) is 7.24. The van der Waals surface area contributed by atoms with Gasteiger partial charge >= 0.3 is 204 Å². The molecule has 1 aromatic rings. The van der Waals surface area contributed by atoms with Crippen molar-refractivity contribution in [3.05, 3.63) is 35.9 Å². The van der Waals surface area contributed by atoms with Crippen molar-refractivity contribution in [3.63, 3.8) is 0 Å². The Labute approximate surface area is 204 Å². The Morgan fingerprint density at radius 1 is 0.447 bits per heavy atom. The Kier molecular flexibility index (Phi) is 10.3. The SMILES string of the molecule is FC(F)(F)C([O][Sn]([CH2]c1ccccc1)([O]C(C(F)(F)F)C(F)(F)F)[O]C(C(F)(F)F)C(F)(F)F)C(F)(F)F. The van der Waals surface area contributed by atoms with Crippen molar-refractivity contribution >= 4 is 19.6 Å². The van der Waals surface area contributed by atoms with Gasteiger partial charge in [0, 0.05) is 0 Å². The summed E-state index contributed by atoms with van der Waals surface area (Å²) in [4.78, 5) is 0. The van der Waals surface area contributed by atoms with Gasteiger partial charge in [-0.1, -0.05) is 0 Å². The van der Waals surface area contributed by atoms with E-state index in [2.05, 4.69) is 9.22 Å². The van der Waals surface area contributed by atoms with E-state index in [-0.39, 0.29) is 0 Å². The van der Waals surface area contributed by atoms with Crippen LogP contribution in [-0.4, -0.2) is 75.0 Å². The van der Waals surface area contributed by atoms with Gasteiger partial charge in [0.1, 0.15) is 0 Å². The average Bonchev–Trinajstić information content (AvgIpc) is 2.64. The van der Waals surface area contributed by atoms with Crippen molar-refractivity contribution in [1.29, 1.82) is 0 Å². The Morgan fingerprint density at radius 2 is 0.684 bits per heavy atom. The van der Waals surface area contributed by atoms with E-state index in [0.29, 0.717) is 12.1 Å². The summed E-state index contributed by atoms with van der Waals surface area (Å²) in [5, 5.41) is 0. The molecule has 0 spiro atoms. The molecule has 0 amide bonds. The van der Waals surface area contributed by atoms with E-state index in [1.807, 2.05) is 0 Å². The van der Waals surface area contributed by atoms with E-state index in [9.17, 15) is 79.0 Å². The van der Waals surface area contributed by atoms with Crippen LogP contribution >= 0.6 is 0 Å². The fourth-order valence-electron chi connectivity index (χ4n) is 2.55. The normalized spacial score (nSPS) is 15.2. The van der Waals surface area contributed by atoms with Crippen LogP contribution in [0.2, 0.25) is 0 Å². The van der Waals surface area contributed by atoms with Gasteiger partial charge in [-0.3, -0.25) is 0 Å². The second-order valence-electron chi connectivity index (χ2n) is 7.09. The Bertz CT molecular complexity index is 758. The van der Waals surface area contributed by atoms with E-state index in [4.69, 9.17) is 0 Å². The molecule has 0 atom stereocenters. The minimum absolute atomic E-state index is 0.518. The molecule has 0 saturated heterocycles. The molecule has 3 nitrogen and oxygen atoms in total. The molecule has 0 unspecified atom stereocenters. The molecule has 0 bridgehead atoms. The third-order valence-electron chi connectivity index (χ3n) is 3.94. The zero-order valence-electron chi connectivity index (χ0n) is 17.4. The van der Waals surface area contributed by atoms with Crippen molar-refractivity contribution in [1.82, 2.24) is 0 Å². The Balaban J connectivity index is 4.04. The van der Waals surface area contributed by atoms with Gasteiger partial charge in [-0.05, 0) is 0 Å². The first-order valence-electron chi connectivity index (χ1n) is 9.07. The molecular weight excluding hydrogens is 701 g/mol. The van der Waals surface area contributed by atoms with Gasteiger partial charge in [-0.15, -0.1) is 0 Å². The summed E-state index contributed by atoms with van der Waals surface area (Å²) in [6.07, 6.45) is -57.5. The first-order valence-corrected chi connectivity index (χ1v) is 14.6. The molecule has 0 N–H and O–H groups in total. The first-order chi connectivity index (χ1) is 16.6. The third-order valence-corrected chi connectivity index (χ3v) is 11.4. The Morgan fingerprint density at radius 3 is 0.895 bits per heavy atom. The van der Waals surface area contributed by atoms with Crippen LogP contribution in [0.1, 0.15) is 5.56 Å².